The van der Waals surface area contributed by atoms with E-state index in [1.807, 2.05) is 0 Å². The molecule has 0 fully saturated rings. The summed E-state index contributed by atoms with van der Waals surface area (Å²) in [5.41, 5.74) is 2.67. The molecule has 0 N–H and O–H groups in total. The Hall–Kier alpha value is -0.560. The quantitative estimate of drug-likeness (QED) is 0.525. The van der Waals surface area contributed by atoms with E-state index in [4.69, 9.17) is 4.74 Å². The molecule has 1 rings (SSSR count). The fraction of sp³-hybridized carbons (Fsp3) is 0.600. The van der Waals surface area contributed by atoms with Crippen molar-refractivity contribution in [3.8, 4) is 0 Å². The molecule has 0 aliphatic carbocycles. The first-order valence-electron chi connectivity index (χ1n) is 4.16. The van der Waals surface area contributed by atoms with Gasteiger partial charge in [-0.15, -0.1) is 0 Å². The molecule has 1 heteroatoms. The monoisotopic (exact) mass is 152 g/mol. The molecular formula is C10H16O. The predicted octanol–water partition coefficient (Wildman–Crippen LogP) is 2.69. The van der Waals surface area contributed by atoms with E-state index >= 15 is 0 Å². The number of rotatable bonds is 1. The van der Waals surface area contributed by atoms with Crippen LogP contribution < -0.4 is 0 Å². The van der Waals surface area contributed by atoms with Gasteiger partial charge in [0.1, 0.15) is 0 Å². The lowest BCUT2D eigenvalue weighted by Gasteiger charge is -2.23. The molecule has 11 heavy (non-hydrogen) atoms. The van der Waals surface area contributed by atoms with E-state index in [0.717, 1.165) is 13.0 Å². The first-order valence-corrected chi connectivity index (χ1v) is 4.16. The molecule has 0 aromatic carbocycles. The lowest BCUT2D eigenvalue weighted by atomic mass is 10.0. The first-order chi connectivity index (χ1) is 5.25. The van der Waals surface area contributed by atoms with Gasteiger partial charge in [-0.3, -0.25) is 0 Å². The van der Waals surface area contributed by atoms with Gasteiger partial charge in [0.15, 0.2) is 0 Å². The zero-order valence-corrected chi connectivity index (χ0v) is 7.55. The van der Waals surface area contributed by atoms with Gasteiger partial charge in [0, 0.05) is 0 Å². The van der Waals surface area contributed by atoms with Crippen molar-refractivity contribution in [2.24, 2.45) is 0 Å². The summed E-state index contributed by atoms with van der Waals surface area (Å²) in [6.45, 7) is 7.18. The van der Waals surface area contributed by atoms with E-state index in [9.17, 15) is 0 Å². The van der Waals surface area contributed by atoms with Crippen LogP contribution in [0.4, 0.5) is 0 Å². The van der Waals surface area contributed by atoms with Crippen molar-refractivity contribution in [3.63, 3.8) is 0 Å². The van der Waals surface area contributed by atoms with Crippen LogP contribution >= 0.6 is 0 Å². The molecule has 0 aromatic heterocycles. The highest BCUT2D eigenvalue weighted by Crippen LogP contribution is 2.19. The summed E-state index contributed by atoms with van der Waals surface area (Å²) in [5.74, 6) is 0. The van der Waals surface area contributed by atoms with Crippen molar-refractivity contribution in [3.05, 3.63) is 23.3 Å². The minimum atomic E-state index is 0.258. The number of hydrogen-bond donors (Lipinski definition) is 0. The Bertz CT molecular complexity index is 189. The molecule has 1 atom stereocenters. The Balaban J connectivity index is 2.71. The summed E-state index contributed by atoms with van der Waals surface area (Å²) in [6, 6.07) is 0. The fourth-order valence-corrected chi connectivity index (χ4v) is 1.35. The molecule has 0 saturated heterocycles. The van der Waals surface area contributed by atoms with Crippen molar-refractivity contribution in [2.75, 3.05) is 6.61 Å². The van der Waals surface area contributed by atoms with E-state index in [1.165, 1.54) is 11.1 Å². The summed E-state index contributed by atoms with van der Waals surface area (Å²) in [6.07, 6.45) is 5.71. The van der Waals surface area contributed by atoms with Gasteiger partial charge in [0.25, 0.3) is 0 Å². The lowest BCUT2D eigenvalue weighted by Crippen LogP contribution is -2.20. The minimum Gasteiger partial charge on any atom is -0.369 e. The molecule has 1 aliphatic heterocycles. The van der Waals surface area contributed by atoms with Gasteiger partial charge in [-0.25, -0.2) is 0 Å². The van der Waals surface area contributed by atoms with Crippen molar-refractivity contribution in [1.29, 1.82) is 0 Å². The third-order valence-corrected chi connectivity index (χ3v) is 2.15. The van der Waals surface area contributed by atoms with Gasteiger partial charge in [0.2, 0.25) is 0 Å². The van der Waals surface area contributed by atoms with Crippen LogP contribution in [0.25, 0.3) is 0 Å². The average Bonchev–Trinajstić information content (AvgIpc) is 2.04. The van der Waals surface area contributed by atoms with E-state index in [0.29, 0.717) is 0 Å². The molecule has 0 aromatic rings. The molecule has 0 spiro atoms. The second-order valence-electron chi connectivity index (χ2n) is 3.02. The Morgan fingerprint density at radius 1 is 1.73 bits per heavy atom. The molecule has 0 amide bonds. The van der Waals surface area contributed by atoms with Crippen LogP contribution in [0.15, 0.2) is 23.3 Å². The molecular weight excluding hydrogens is 136 g/mol. The van der Waals surface area contributed by atoms with Gasteiger partial charge in [-0.1, -0.05) is 12.2 Å². The lowest BCUT2D eigenvalue weighted by molar-refractivity contribution is 0.0940. The van der Waals surface area contributed by atoms with E-state index < -0.39 is 0 Å². The summed E-state index contributed by atoms with van der Waals surface area (Å²) in [4.78, 5) is 0. The molecule has 0 unspecified atom stereocenters. The molecule has 1 aliphatic rings. The maximum atomic E-state index is 5.61. The van der Waals surface area contributed by atoms with Crippen molar-refractivity contribution in [1.82, 2.24) is 0 Å². The molecule has 0 radical (unpaired) electrons. The number of allylic oxidation sites excluding steroid dienone is 1. The molecule has 0 saturated carbocycles. The van der Waals surface area contributed by atoms with Crippen LogP contribution in [0.2, 0.25) is 0 Å². The average molecular weight is 152 g/mol. The molecule has 1 nitrogen and oxygen atoms in total. The van der Waals surface area contributed by atoms with Crippen LogP contribution in [0, 0.1) is 0 Å². The van der Waals surface area contributed by atoms with Gasteiger partial charge in [-0.2, -0.15) is 0 Å². The van der Waals surface area contributed by atoms with Crippen LogP contribution in [-0.2, 0) is 4.74 Å². The highest BCUT2D eigenvalue weighted by Gasteiger charge is 2.15. The summed E-state index contributed by atoms with van der Waals surface area (Å²) >= 11 is 0. The summed E-state index contributed by atoms with van der Waals surface area (Å²) in [7, 11) is 0. The van der Waals surface area contributed by atoms with Gasteiger partial charge < -0.3 is 4.74 Å². The highest BCUT2D eigenvalue weighted by atomic mass is 16.5. The van der Waals surface area contributed by atoms with Crippen LogP contribution in [-0.4, -0.2) is 12.7 Å². The second-order valence-corrected chi connectivity index (χ2v) is 3.02. The van der Waals surface area contributed by atoms with E-state index in [-0.39, 0.29) is 6.10 Å². The van der Waals surface area contributed by atoms with Gasteiger partial charge >= 0.3 is 0 Å². The maximum absolute atomic E-state index is 5.61. The third kappa shape index (κ3) is 1.93. The smallest absolute Gasteiger partial charge is 0.0990 e. The van der Waals surface area contributed by atoms with Gasteiger partial charge in [-0.05, 0) is 38.3 Å². The van der Waals surface area contributed by atoms with Crippen LogP contribution in [0.5, 0.6) is 0 Å². The predicted molar refractivity (Wildman–Crippen MR) is 47.5 cm³/mol. The Morgan fingerprint density at radius 3 is 3.00 bits per heavy atom. The normalized spacial score (nSPS) is 26.6. The Labute approximate surface area is 68.8 Å². The fourth-order valence-electron chi connectivity index (χ4n) is 1.35. The zero-order valence-electron chi connectivity index (χ0n) is 7.55. The number of ether oxygens (including phenoxy) is 1. The van der Waals surface area contributed by atoms with E-state index in [2.05, 4.69) is 32.9 Å². The largest absolute Gasteiger partial charge is 0.369 e. The highest BCUT2D eigenvalue weighted by molar-refractivity contribution is 5.21. The Kier molecular flexibility index (Phi) is 2.89. The molecule has 1 heterocycles. The van der Waals surface area contributed by atoms with Crippen molar-refractivity contribution in [2.45, 2.75) is 33.3 Å². The molecule has 0 bridgehead atoms. The second kappa shape index (κ2) is 3.72. The molecule has 62 valence electrons. The third-order valence-electron chi connectivity index (χ3n) is 2.15. The van der Waals surface area contributed by atoms with E-state index in [1.54, 1.807) is 0 Å². The number of hydrogen-bond acceptors (Lipinski definition) is 1. The standard InChI is InChI=1S/C10H16O/c1-4-8(2)10-9(3)6-5-7-11-10/h4,6,10H,5,7H2,1-3H3/b8-4+/t10-/m0/s1. The zero-order chi connectivity index (χ0) is 8.27. The topological polar surface area (TPSA) is 9.23 Å². The summed E-state index contributed by atoms with van der Waals surface area (Å²) < 4.78 is 5.61. The van der Waals surface area contributed by atoms with Crippen LogP contribution in [0.3, 0.4) is 0 Å². The first kappa shape index (κ1) is 8.54. The van der Waals surface area contributed by atoms with Crippen molar-refractivity contribution >= 4 is 0 Å². The maximum Gasteiger partial charge on any atom is 0.0990 e. The van der Waals surface area contributed by atoms with Crippen LogP contribution in [0.1, 0.15) is 27.2 Å². The van der Waals surface area contributed by atoms with Gasteiger partial charge in [0.05, 0.1) is 12.7 Å². The minimum absolute atomic E-state index is 0.258. The summed E-state index contributed by atoms with van der Waals surface area (Å²) in [5, 5.41) is 0. The Morgan fingerprint density at radius 2 is 2.45 bits per heavy atom. The SMILES string of the molecule is C/C=C(\C)[C@@H]1OCCC=C1C. The van der Waals surface area contributed by atoms with Crippen molar-refractivity contribution < 1.29 is 4.74 Å².